The molecule has 150 valence electrons. The highest BCUT2D eigenvalue weighted by Gasteiger charge is 2.27. The summed E-state index contributed by atoms with van der Waals surface area (Å²) in [5.41, 5.74) is 3.33. The van der Waals surface area contributed by atoms with E-state index in [4.69, 9.17) is 9.72 Å². The van der Waals surface area contributed by atoms with Gasteiger partial charge in [0, 0.05) is 48.2 Å². The molecule has 0 radical (unpaired) electrons. The van der Waals surface area contributed by atoms with Crippen molar-refractivity contribution in [3.8, 4) is 5.69 Å². The first-order valence-corrected chi connectivity index (χ1v) is 9.89. The molecule has 8 heteroatoms. The maximum absolute atomic E-state index is 13.5. The predicted molar refractivity (Wildman–Crippen MR) is 104 cm³/mol. The van der Waals surface area contributed by atoms with Gasteiger partial charge < -0.3 is 10.1 Å². The van der Waals surface area contributed by atoms with Gasteiger partial charge in [-0.3, -0.25) is 4.98 Å². The largest absolute Gasteiger partial charge is 0.381 e. The maximum Gasteiger partial charge on any atom is 0.246 e. The van der Waals surface area contributed by atoms with Crippen LogP contribution in [0.4, 0.5) is 20.4 Å². The van der Waals surface area contributed by atoms with Crippen molar-refractivity contribution in [3.63, 3.8) is 0 Å². The molecule has 0 bridgehead atoms. The van der Waals surface area contributed by atoms with Crippen LogP contribution < -0.4 is 5.32 Å². The van der Waals surface area contributed by atoms with Crippen LogP contribution in [0.5, 0.6) is 0 Å². The molecular weight excluding hydrogens is 376 g/mol. The van der Waals surface area contributed by atoms with Crippen LogP contribution in [0.3, 0.4) is 0 Å². The van der Waals surface area contributed by atoms with Gasteiger partial charge in [-0.25, -0.2) is 13.5 Å². The van der Waals surface area contributed by atoms with Crippen LogP contribution in [-0.2, 0) is 4.74 Å². The van der Waals surface area contributed by atoms with E-state index < -0.39 is 11.6 Å². The van der Waals surface area contributed by atoms with Crippen LogP contribution in [0.15, 0.2) is 36.7 Å². The first-order valence-electron chi connectivity index (χ1n) is 9.89. The van der Waals surface area contributed by atoms with Gasteiger partial charge in [-0.05, 0) is 49.9 Å². The zero-order valence-electron chi connectivity index (χ0n) is 15.8. The van der Waals surface area contributed by atoms with E-state index in [1.807, 2.05) is 12.1 Å². The summed E-state index contributed by atoms with van der Waals surface area (Å²) in [5, 5.41) is 7.54. The van der Waals surface area contributed by atoms with E-state index in [0.29, 0.717) is 17.8 Å². The number of rotatable bonds is 5. The lowest BCUT2D eigenvalue weighted by atomic mass is 9.95. The zero-order valence-corrected chi connectivity index (χ0v) is 15.8. The Morgan fingerprint density at radius 2 is 1.55 bits per heavy atom. The van der Waals surface area contributed by atoms with Gasteiger partial charge in [-0.2, -0.15) is 4.98 Å². The number of hydrogen-bond donors (Lipinski definition) is 1. The molecule has 6 nitrogen and oxygen atoms in total. The summed E-state index contributed by atoms with van der Waals surface area (Å²) in [6.45, 7) is 1.53. The highest BCUT2D eigenvalue weighted by atomic mass is 19.1. The Morgan fingerprint density at radius 3 is 2.21 bits per heavy atom. The monoisotopic (exact) mass is 397 g/mol. The third-order valence-corrected chi connectivity index (χ3v) is 5.36. The van der Waals surface area contributed by atoms with Crippen LogP contribution in [0.1, 0.15) is 48.9 Å². The average Bonchev–Trinajstić information content (AvgIpc) is 3.47. The van der Waals surface area contributed by atoms with Gasteiger partial charge in [0.2, 0.25) is 5.95 Å². The number of ether oxygens (including phenoxy) is 1. The summed E-state index contributed by atoms with van der Waals surface area (Å²) in [5.74, 6) is -0.0379. The van der Waals surface area contributed by atoms with Crippen molar-refractivity contribution < 1.29 is 13.5 Å². The molecule has 5 rings (SSSR count). The number of benzene rings is 1. The Kier molecular flexibility index (Phi) is 4.71. The summed E-state index contributed by atoms with van der Waals surface area (Å²) in [7, 11) is 0. The van der Waals surface area contributed by atoms with E-state index in [0.717, 1.165) is 49.2 Å². The first-order chi connectivity index (χ1) is 14.1. The molecule has 1 saturated carbocycles. The van der Waals surface area contributed by atoms with Crippen LogP contribution in [-0.4, -0.2) is 33.0 Å². The molecule has 1 aliphatic carbocycles. The fourth-order valence-electron chi connectivity index (χ4n) is 3.68. The average molecular weight is 397 g/mol. The molecule has 0 unspecified atom stereocenters. The fourth-order valence-corrected chi connectivity index (χ4v) is 3.68. The Labute approximate surface area is 166 Å². The second kappa shape index (κ2) is 7.51. The Bertz CT molecular complexity index is 1010. The summed E-state index contributed by atoms with van der Waals surface area (Å²) in [6, 6.07) is 7.34. The summed E-state index contributed by atoms with van der Waals surface area (Å²) in [6.07, 6.45) is 5.71. The van der Waals surface area contributed by atoms with Gasteiger partial charge in [0.05, 0.1) is 5.69 Å². The summed E-state index contributed by atoms with van der Waals surface area (Å²) >= 11 is 0. The molecule has 1 saturated heterocycles. The minimum absolute atomic E-state index is 0.277. The van der Waals surface area contributed by atoms with Crippen molar-refractivity contribution in [2.24, 2.45) is 0 Å². The summed E-state index contributed by atoms with van der Waals surface area (Å²) in [4.78, 5) is 9.14. The topological polar surface area (TPSA) is 64.9 Å². The maximum atomic E-state index is 13.5. The van der Waals surface area contributed by atoms with Gasteiger partial charge >= 0.3 is 0 Å². The van der Waals surface area contributed by atoms with Crippen LogP contribution in [0.2, 0.25) is 0 Å². The number of aromatic nitrogens is 4. The number of hydrogen-bond acceptors (Lipinski definition) is 5. The van der Waals surface area contributed by atoms with E-state index in [9.17, 15) is 8.78 Å². The minimum atomic E-state index is -0.658. The Morgan fingerprint density at radius 1 is 0.897 bits per heavy atom. The van der Waals surface area contributed by atoms with E-state index in [1.54, 1.807) is 0 Å². The standard InChI is InChI=1S/C21H21F2N5O/c22-15-7-16(23)9-18(8-15)28-12-24-21(27-28)25-17-10-19(13-1-2-13)26-20(11-17)14-3-5-29-6-4-14/h7-14H,1-6H2,(H,25,26,27). The molecule has 3 heterocycles. The molecule has 1 N–H and O–H groups in total. The third-order valence-electron chi connectivity index (χ3n) is 5.36. The van der Waals surface area contributed by atoms with Crippen molar-refractivity contribution in [2.75, 3.05) is 18.5 Å². The van der Waals surface area contributed by atoms with Crippen LogP contribution in [0, 0.1) is 11.6 Å². The molecule has 0 spiro atoms. The normalized spacial score (nSPS) is 17.4. The van der Waals surface area contributed by atoms with E-state index in [-0.39, 0.29) is 5.69 Å². The lowest BCUT2D eigenvalue weighted by Gasteiger charge is -2.22. The van der Waals surface area contributed by atoms with E-state index in [1.165, 1.54) is 36.0 Å². The lowest BCUT2D eigenvalue weighted by Crippen LogP contribution is -2.16. The highest BCUT2D eigenvalue weighted by Crippen LogP contribution is 2.41. The van der Waals surface area contributed by atoms with Crippen molar-refractivity contribution in [1.82, 2.24) is 19.7 Å². The highest BCUT2D eigenvalue weighted by molar-refractivity contribution is 5.55. The second-order valence-corrected chi connectivity index (χ2v) is 7.63. The molecule has 2 fully saturated rings. The molecule has 1 aromatic carbocycles. The quantitative estimate of drug-likeness (QED) is 0.689. The van der Waals surface area contributed by atoms with Gasteiger partial charge in [-0.15, -0.1) is 5.10 Å². The Hall–Kier alpha value is -2.87. The Balaban J connectivity index is 1.41. The fraction of sp³-hybridized carbons (Fsp3) is 0.381. The molecule has 3 aromatic rings. The predicted octanol–water partition coefficient (Wildman–Crippen LogP) is 4.46. The number of nitrogens with one attached hydrogen (secondary N) is 1. The SMILES string of the molecule is Fc1cc(F)cc(-n2cnc(Nc3cc(C4CCOCC4)nc(C4CC4)c3)n2)c1. The van der Waals surface area contributed by atoms with Gasteiger partial charge in [0.15, 0.2) is 0 Å². The van der Waals surface area contributed by atoms with E-state index >= 15 is 0 Å². The molecule has 29 heavy (non-hydrogen) atoms. The number of nitrogens with zero attached hydrogens (tertiary/aromatic N) is 4. The number of pyridine rings is 1. The molecule has 2 aromatic heterocycles. The second-order valence-electron chi connectivity index (χ2n) is 7.63. The van der Waals surface area contributed by atoms with Gasteiger partial charge in [0.1, 0.15) is 18.0 Å². The molecule has 0 amide bonds. The first kappa shape index (κ1) is 18.2. The van der Waals surface area contributed by atoms with Gasteiger partial charge in [0.25, 0.3) is 0 Å². The van der Waals surface area contributed by atoms with Crippen molar-refractivity contribution >= 4 is 11.6 Å². The number of anilines is 2. The molecule has 1 aliphatic heterocycles. The van der Waals surface area contributed by atoms with E-state index in [2.05, 4.69) is 15.4 Å². The van der Waals surface area contributed by atoms with Gasteiger partial charge in [-0.1, -0.05) is 0 Å². The number of halogens is 2. The zero-order chi connectivity index (χ0) is 19.8. The molecule has 2 aliphatic rings. The smallest absolute Gasteiger partial charge is 0.246 e. The molecular formula is C21H21F2N5O. The van der Waals surface area contributed by atoms with Crippen LogP contribution >= 0.6 is 0 Å². The summed E-state index contributed by atoms with van der Waals surface area (Å²) < 4.78 is 33.8. The molecule has 0 atom stereocenters. The van der Waals surface area contributed by atoms with Crippen molar-refractivity contribution in [1.29, 1.82) is 0 Å². The van der Waals surface area contributed by atoms with Crippen LogP contribution in [0.25, 0.3) is 5.69 Å². The van der Waals surface area contributed by atoms with Crippen molar-refractivity contribution in [3.05, 3.63) is 59.7 Å². The van der Waals surface area contributed by atoms with Crippen molar-refractivity contribution in [2.45, 2.75) is 37.5 Å². The third kappa shape index (κ3) is 4.12. The minimum Gasteiger partial charge on any atom is -0.381 e. The lowest BCUT2D eigenvalue weighted by molar-refractivity contribution is 0.0845.